The van der Waals surface area contributed by atoms with E-state index in [4.69, 9.17) is 14.0 Å². The minimum absolute atomic E-state index is 0.117. The number of sulfonamides is 1. The first kappa shape index (κ1) is 22.7. The molecule has 1 saturated heterocycles. The number of methoxy groups -OCH3 is 2. The molecule has 174 valence electrons. The fraction of sp³-hybridized carbons (Fsp3) is 0.333. The molecule has 0 spiro atoms. The van der Waals surface area contributed by atoms with Crippen LogP contribution in [0.3, 0.4) is 0 Å². The Hall–Kier alpha value is -3.51. The average Bonchev–Trinajstić information content (AvgIpc) is 3.34. The van der Waals surface area contributed by atoms with Crippen molar-refractivity contribution in [2.75, 3.05) is 27.3 Å². The number of hydrogen-bond acceptors (Lipinski definition) is 9. The van der Waals surface area contributed by atoms with Crippen LogP contribution in [0.25, 0.3) is 11.4 Å². The van der Waals surface area contributed by atoms with Gasteiger partial charge in [0.2, 0.25) is 21.7 Å². The van der Waals surface area contributed by atoms with Gasteiger partial charge < -0.3 is 14.0 Å². The van der Waals surface area contributed by atoms with Crippen molar-refractivity contribution in [1.29, 1.82) is 0 Å². The molecular formula is C21H22N4O7S. The Morgan fingerprint density at radius 2 is 1.94 bits per heavy atom. The van der Waals surface area contributed by atoms with E-state index in [0.717, 1.165) is 6.07 Å². The smallest absolute Gasteiger partial charge is 0.270 e. The number of nitro benzene ring substituents is 1. The average molecular weight is 474 g/mol. The van der Waals surface area contributed by atoms with Gasteiger partial charge in [-0.05, 0) is 37.1 Å². The normalized spacial score (nSPS) is 17.0. The van der Waals surface area contributed by atoms with Gasteiger partial charge in [0, 0.05) is 30.8 Å². The summed E-state index contributed by atoms with van der Waals surface area (Å²) in [5.74, 6) is 1.48. The maximum atomic E-state index is 13.1. The lowest BCUT2D eigenvalue weighted by Crippen LogP contribution is -2.39. The zero-order valence-electron chi connectivity index (χ0n) is 18.0. The first-order chi connectivity index (χ1) is 15.8. The van der Waals surface area contributed by atoms with Crippen LogP contribution in [0, 0.1) is 10.1 Å². The molecule has 2 aromatic carbocycles. The minimum atomic E-state index is -3.91. The summed E-state index contributed by atoms with van der Waals surface area (Å²) in [6.45, 7) is 0.441. The predicted molar refractivity (Wildman–Crippen MR) is 117 cm³/mol. The highest BCUT2D eigenvalue weighted by Gasteiger charge is 2.34. The highest BCUT2D eigenvalue weighted by atomic mass is 32.2. The lowest BCUT2D eigenvalue weighted by Gasteiger charge is -2.30. The standard InChI is InChI=1S/C21H22N4O7S/c1-30-18-9-8-14(11-19(18)31-2)20-22-21(32-23-20)15-5-4-10-24(13-15)33(28,29)17-7-3-6-16(12-17)25(26)27/h3,6-9,11-12,15H,4-5,10,13H2,1-2H3. The first-order valence-electron chi connectivity index (χ1n) is 10.1. The van der Waals surface area contributed by atoms with Crippen LogP contribution in [-0.2, 0) is 10.0 Å². The third-order valence-electron chi connectivity index (χ3n) is 5.48. The maximum absolute atomic E-state index is 13.1. The summed E-state index contributed by atoms with van der Waals surface area (Å²) in [5, 5.41) is 15.1. The van der Waals surface area contributed by atoms with Crippen molar-refractivity contribution in [2.24, 2.45) is 0 Å². The molecular weight excluding hydrogens is 452 g/mol. The lowest BCUT2D eigenvalue weighted by molar-refractivity contribution is -0.385. The maximum Gasteiger partial charge on any atom is 0.270 e. The third-order valence-corrected chi connectivity index (χ3v) is 7.34. The highest BCUT2D eigenvalue weighted by Crippen LogP contribution is 2.34. The van der Waals surface area contributed by atoms with Gasteiger partial charge in [-0.2, -0.15) is 9.29 Å². The highest BCUT2D eigenvalue weighted by molar-refractivity contribution is 7.89. The number of benzene rings is 2. The molecule has 2 heterocycles. The number of rotatable bonds is 7. The summed E-state index contributed by atoms with van der Waals surface area (Å²) in [4.78, 5) is 14.8. The Kier molecular flexibility index (Phi) is 6.29. The van der Waals surface area contributed by atoms with E-state index in [1.165, 1.54) is 29.6 Å². The Morgan fingerprint density at radius 1 is 1.15 bits per heavy atom. The molecule has 0 aliphatic carbocycles. The van der Waals surface area contributed by atoms with E-state index in [1.807, 2.05) is 0 Å². The molecule has 3 aromatic rings. The van der Waals surface area contributed by atoms with Crippen LogP contribution >= 0.6 is 0 Å². The monoisotopic (exact) mass is 474 g/mol. The van der Waals surface area contributed by atoms with E-state index in [9.17, 15) is 18.5 Å². The zero-order valence-corrected chi connectivity index (χ0v) is 18.8. The molecule has 0 amide bonds. The van der Waals surface area contributed by atoms with E-state index in [-0.39, 0.29) is 23.0 Å². The zero-order chi connectivity index (χ0) is 23.6. The van der Waals surface area contributed by atoms with Crippen LogP contribution in [0.15, 0.2) is 51.9 Å². The lowest BCUT2D eigenvalue weighted by atomic mass is 10.00. The van der Waals surface area contributed by atoms with Gasteiger partial charge in [-0.15, -0.1) is 0 Å². The van der Waals surface area contributed by atoms with E-state index in [1.54, 1.807) is 25.3 Å². The van der Waals surface area contributed by atoms with Crippen molar-refractivity contribution in [3.05, 3.63) is 58.5 Å². The van der Waals surface area contributed by atoms with Crippen LogP contribution in [0.4, 0.5) is 5.69 Å². The summed E-state index contributed by atoms with van der Waals surface area (Å²) in [5.41, 5.74) is 0.389. The van der Waals surface area contributed by atoms with Crippen molar-refractivity contribution < 1.29 is 27.3 Å². The van der Waals surface area contributed by atoms with E-state index in [0.29, 0.717) is 48.2 Å². The van der Waals surface area contributed by atoms with Crippen molar-refractivity contribution in [2.45, 2.75) is 23.7 Å². The molecule has 12 heteroatoms. The number of ether oxygens (including phenoxy) is 2. The van der Waals surface area contributed by atoms with Gasteiger partial charge in [0.15, 0.2) is 11.5 Å². The van der Waals surface area contributed by atoms with Crippen molar-refractivity contribution in [1.82, 2.24) is 14.4 Å². The Labute approximate surface area is 190 Å². The second kappa shape index (κ2) is 9.16. The van der Waals surface area contributed by atoms with Gasteiger partial charge in [0.05, 0.1) is 30.0 Å². The molecule has 0 bridgehead atoms. The molecule has 1 aromatic heterocycles. The van der Waals surface area contributed by atoms with Gasteiger partial charge in [-0.1, -0.05) is 11.2 Å². The fourth-order valence-corrected chi connectivity index (χ4v) is 5.33. The van der Waals surface area contributed by atoms with Crippen molar-refractivity contribution >= 4 is 15.7 Å². The number of piperidine rings is 1. The molecule has 1 fully saturated rings. The molecule has 0 radical (unpaired) electrons. The van der Waals surface area contributed by atoms with Crippen LogP contribution in [-0.4, -0.2) is 55.1 Å². The molecule has 1 aliphatic heterocycles. The molecule has 1 unspecified atom stereocenters. The van der Waals surface area contributed by atoms with E-state index < -0.39 is 14.9 Å². The summed E-state index contributed by atoms with van der Waals surface area (Å²) >= 11 is 0. The van der Waals surface area contributed by atoms with Crippen LogP contribution < -0.4 is 9.47 Å². The van der Waals surface area contributed by atoms with Crippen molar-refractivity contribution in [3.8, 4) is 22.9 Å². The van der Waals surface area contributed by atoms with Crippen LogP contribution in [0.1, 0.15) is 24.7 Å². The molecule has 1 atom stereocenters. The predicted octanol–water partition coefficient (Wildman–Crippen LogP) is 3.23. The molecule has 0 N–H and O–H groups in total. The SMILES string of the molecule is COc1ccc(-c2noc(C3CCCN(S(=O)(=O)c4cccc([N+](=O)[O-])c4)C3)n2)cc1OC. The molecule has 33 heavy (non-hydrogen) atoms. The molecule has 11 nitrogen and oxygen atoms in total. The van der Waals surface area contributed by atoms with Gasteiger partial charge in [0.25, 0.3) is 5.69 Å². The molecule has 1 aliphatic rings. The van der Waals surface area contributed by atoms with Gasteiger partial charge >= 0.3 is 0 Å². The van der Waals surface area contributed by atoms with Gasteiger partial charge in [-0.3, -0.25) is 10.1 Å². The first-order valence-corrected chi connectivity index (χ1v) is 11.6. The summed E-state index contributed by atoms with van der Waals surface area (Å²) in [7, 11) is -0.841. The van der Waals surface area contributed by atoms with Crippen LogP contribution in [0.2, 0.25) is 0 Å². The summed E-state index contributed by atoms with van der Waals surface area (Å²) < 4.78 is 43.5. The Bertz CT molecular complexity index is 1280. The summed E-state index contributed by atoms with van der Waals surface area (Å²) in [6.07, 6.45) is 1.27. The number of nitrogens with zero attached hydrogens (tertiary/aromatic N) is 4. The van der Waals surface area contributed by atoms with Crippen LogP contribution in [0.5, 0.6) is 11.5 Å². The minimum Gasteiger partial charge on any atom is -0.493 e. The molecule has 4 rings (SSSR count). The second-order valence-corrected chi connectivity index (χ2v) is 9.42. The second-order valence-electron chi connectivity index (χ2n) is 7.48. The Balaban J connectivity index is 1.56. The van der Waals surface area contributed by atoms with E-state index in [2.05, 4.69) is 10.1 Å². The quantitative estimate of drug-likeness (QED) is 0.373. The van der Waals surface area contributed by atoms with E-state index >= 15 is 0 Å². The summed E-state index contributed by atoms with van der Waals surface area (Å²) in [6, 6.07) is 10.3. The van der Waals surface area contributed by atoms with Gasteiger partial charge in [-0.25, -0.2) is 8.42 Å². The number of aromatic nitrogens is 2. The largest absolute Gasteiger partial charge is 0.493 e. The Morgan fingerprint density at radius 3 is 2.67 bits per heavy atom. The van der Waals surface area contributed by atoms with Crippen molar-refractivity contribution in [3.63, 3.8) is 0 Å². The number of hydrogen-bond donors (Lipinski definition) is 0. The number of nitro groups is 1. The molecule has 0 saturated carbocycles. The topological polar surface area (TPSA) is 138 Å². The van der Waals surface area contributed by atoms with Gasteiger partial charge in [0.1, 0.15) is 0 Å². The number of non-ortho nitro benzene ring substituents is 1. The fourth-order valence-electron chi connectivity index (χ4n) is 3.76. The third kappa shape index (κ3) is 4.52.